The third-order valence-electron chi connectivity index (χ3n) is 1.90. The van der Waals surface area contributed by atoms with Crippen molar-refractivity contribution in [1.29, 1.82) is 0 Å². The first-order chi connectivity index (χ1) is 5.13. The first-order valence-corrected chi connectivity index (χ1v) is 6.28. The summed E-state index contributed by atoms with van der Waals surface area (Å²) in [5, 5.41) is 8.63. The lowest BCUT2D eigenvalue weighted by Gasteiger charge is -2.12. The van der Waals surface area contributed by atoms with Crippen molar-refractivity contribution >= 4 is 15.5 Å². The standard InChI is InChI=1S/C8H16O2Si/c1-4-5-7(11-3)6(2)8(9)10/h7H,2,4-5,11H2,1,3H3,(H,9,10). The molecule has 0 aromatic rings. The second-order valence-corrected chi connectivity index (χ2v) is 4.53. The SMILES string of the molecule is C=C(C(=O)O)C(CCC)[SiH2]C. The Labute approximate surface area is 70.1 Å². The van der Waals surface area contributed by atoms with Crippen molar-refractivity contribution in [1.82, 2.24) is 0 Å². The molecule has 0 amide bonds. The monoisotopic (exact) mass is 172 g/mol. The fourth-order valence-corrected chi connectivity index (χ4v) is 2.63. The summed E-state index contributed by atoms with van der Waals surface area (Å²) < 4.78 is 0. The maximum Gasteiger partial charge on any atom is 0.330 e. The lowest BCUT2D eigenvalue weighted by molar-refractivity contribution is -0.132. The van der Waals surface area contributed by atoms with Gasteiger partial charge in [-0.2, -0.15) is 0 Å². The van der Waals surface area contributed by atoms with Gasteiger partial charge in [-0.05, 0) is 12.0 Å². The van der Waals surface area contributed by atoms with Gasteiger partial charge in [0.1, 0.15) is 0 Å². The minimum absolute atomic E-state index is 0.254. The molecule has 0 aliphatic rings. The van der Waals surface area contributed by atoms with Gasteiger partial charge in [0, 0.05) is 15.1 Å². The van der Waals surface area contributed by atoms with E-state index in [1.807, 2.05) is 0 Å². The zero-order valence-electron chi connectivity index (χ0n) is 7.26. The molecule has 1 N–H and O–H groups in total. The van der Waals surface area contributed by atoms with E-state index in [4.69, 9.17) is 5.11 Å². The predicted octanol–water partition coefficient (Wildman–Crippen LogP) is 1.43. The Morgan fingerprint density at radius 2 is 2.27 bits per heavy atom. The van der Waals surface area contributed by atoms with Crippen molar-refractivity contribution in [2.24, 2.45) is 0 Å². The van der Waals surface area contributed by atoms with E-state index in [9.17, 15) is 4.79 Å². The van der Waals surface area contributed by atoms with Crippen LogP contribution in [0.1, 0.15) is 19.8 Å². The lowest BCUT2D eigenvalue weighted by Crippen LogP contribution is -2.10. The van der Waals surface area contributed by atoms with E-state index in [1.54, 1.807) is 0 Å². The number of carboxylic acids is 1. The molecule has 0 aromatic heterocycles. The van der Waals surface area contributed by atoms with E-state index in [1.165, 1.54) is 0 Å². The molecule has 0 fully saturated rings. The molecule has 64 valence electrons. The highest BCUT2D eigenvalue weighted by atomic mass is 28.2. The Hall–Kier alpha value is -0.573. The van der Waals surface area contributed by atoms with Crippen molar-refractivity contribution in [2.45, 2.75) is 31.9 Å². The molecule has 0 aromatic carbocycles. The first-order valence-electron chi connectivity index (χ1n) is 4.05. The van der Waals surface area contributed by atoms with Crippen LogP contribution in [0.2, 0.25) is 12.1 Å². The summed E-state index contributed by atoms with van der Waals surface area (Å²) in [6.45, 7) is 7.79. The molecule has 0 heterocycles. The topological polar surface area (TPSA) is 37.3 Å². The third kappa shape index (κ3) is 3.37. The van der Waals surface area contributed by atoms with Crippen molar-refractivity contribution in [3.8, 4) is 0 Å². The molecular formula is C8H16O2Si. The smallest absolute Gasteiger partial charge is 0.330 e. The number of carboxylic acid groups (broad SMARTS) is 1. The fourth-order valence-electron chi connectivity index (χ4n) is 1.15. The molecule has 0 saturated carbocycles. The molecule has 1 unspecified atom stereocenters. The molecular weight excluding hydrogens is 156 g/mol. The van der Waals surface area contributed by atoms with Gasteiger partial charge in [0.05, 0.1) is 0 Å². The van der Waals surface area contributed by atoms with E-state index in [2.05, 4.69) is 20.0 Å². The second-order valence-electron chi connectivity index (χ2n) is 2.72. The van der Waals surface area contributed by atoms with E-state index >= 15 is 0 Å². The number of hydrogen-bond donors (Lipinski definition) is 1. The van der Waals surface area contributed by atoms with E-state index in [-0.39, 0.29) is 9.52 Å². The van der Waals surface area contributed by atoms with Crippen LogP contribution >= 0.6 is 0 Å². The summed E-state index contributed by atoms with van der Waals surface area (Å²) in [6, 6.07) is 0. The molecule has 0 aliphatic heterocycles. The first kappa shape index (κ1) is 10.4. The van der Waals surface area contributed by atoms with Crippen molar-refractivity contribution in [3.63, 3.8) is 0 Å². The van der Waals surface area contributed by atoms with E-state index in [0.717, 1.165) is 12.8 Å². The Balaban J connectivity index is 4.02. The molecule has 11 heavy (non-hydrogen) atoms. The third-order valence-corrected chi connectivity index (χ3v) is 3.78. The highest BCUT2D eigenvalue weighted by molar-refractivity contribution is 6.38. The molecule has 3 heteroatoms. The molecule has 0 aliphatic carbocycles. The predicted molar refractivity (Wildman–Crippen MR) is 49.8 cm³/mol. The summed E-state index contributed by atoms with van der Waals surface area (Å²) in [5.74, 6) is -0.821. The molecule has 1 atom stereocenters. The molecule has 0 saturated heterocycles. The molecule has 2 nitrogen and oxygen atoms in total. The second kappa shape index (κ2) is 5.13. The highest BCUT2D eigenvalue weighted by Crippen LogP contribution is 2.20. The maximum atomic E-state index is 10.5. The van der Waals surface area contributed by atoms with Crippen LogP contribution in [-0.4, -0.2) is 20.6 Å². The van der Waals surface area contributed by atoms with Crippen LogP contribution in [0, 0.1) is 0 Å². The molecule has 0 bridgehead atoms. The van der Waals surface area contributed by atoms with Gasteiger partial charge in [-0.3, -0.25) is 0 Å². The summed E-state index contributed by atoms with van der Waals surface area (Å²) in [5.41, 5.74) is 0.721. The van der Waals surface area contributed by atoms with Gasteiger partial charge < -0.3 is 5.11 Å². The highest BCUT2D eigenvalue weighted by Gasteiger charge is 2.14. The van der Waals surface area contributed by atoms with Gasteiger partial charge in [-0.1, -0.05) is 26.5 Å². The van der Waals surface area contributed by atoms with Gasteiger partial charge in [0.25, 0.3) is 0 Å². The maximum absolute atomic E-state index is 10.5. The number of carbonyl (C=O) groups is 1. The minimum atomic E-state index is -0.821. The summed E-state index contributed by atoms with van der Waals surface area (Å²) >= 11 is 0. The Bertz CT molecular complexity index is 154. The quantitative estimate of drug-likeness (QED) is 0.503. The van der Waals surface area contributed by atoms with Crippen LogP contribution in [0.15, 0.2) is 12.2 Å². The average molecular weight is 172 g/mol. The summed E-state index contributed by atoms with van der Waals surface area (Å²) in [7, 11) is -0.254. The lowest BCUT2D eigenvalue weighted by atomic mass is 10.1. The van der Waals surface area contributed by atoms with Crippen LogP contribution in [-0.2, 0) is 4.79 Å². The van der Waals surface area contributed by atoms with E-state index < -0.39 is 5.97 Å². The number of rotatable bonds is 5. The molecule has 0 rings (SSSR count). The van der Waals surface area contributed by atoms with Gasteiger partial charge in [0.2, 0.25) is 0 Å². The Morgan fingerprint density at radius 3 is 2.55 bits per heavy atom. The van der Waals surface area contributed by atoms with Gasteiger partial charge in [-0.25, -0.2) is 4.79 Å². The van der Waals surface area contributed by atoms with Gasteiger partial charge in [-0.15, -0.1) is 0 Å². The number of hydrogen-bond acceptors (Lipinski definition) is 1. The minimum Gasteiger partial charge on any atom is -0.478 e. The van der Waals surface area contributed by atoms with Gasteiger partial charge in [0.15, 0.2) is 0 Å². The largest absolute Gasteiger partial charge is 0.478 e. The van der Waals surface area contributed by atoms with Crippen LogP contribution < -0.4 is 0 Å². The van der Waals surface area contributed by atoms with Crippen LogP contribution in [0.5, 0.6) is 0 Å². The zero-order valence-corrected chi connectivity index (χ0v) is 8.68. The average Bonchev–Trinajstić information content (AvgIpc) is 1.98. The Kier molecular flexibility index (Phi) is 4.86. The summed E-state index contributed by atoms with van der Waals surface area (Å²) in [6.07, 6.45) is 2.05. The zero-order chi connectivity index (χ0) is 8.85. The van der Waals surface area contributed by atoms with E-state index in [0.29, 0.717) is 11.1 Å². The van der Waals surface area contributed by atoms with Gasteiger partial charge >= 0.3 is 5.97 Å². The van der Waals surface area contributed by atoms with Crippen molar-refractivity contribution in [2.75, 3.05) is 0 Å². The van der Waals surface area contributed by atoms with Crippen LogP contribution in [0.25, 0.3) is 0 Å². The van der Waals surface area contributed by atoms with Crippen LogP contribution in [0.4, 0.5) is 0 Å². The Morgan fingerprint density at radius 1 is 1.73 bits per heavy atom. The van der Waals surface area contributed by atoms with Crippen molar-refractivity contribution < 1.29 is 9.90 Å². The normalized spacial score (nSPS) is 13.6. The number of aliphatic carboxylic acids is 1. The molecule has 0 spiro atoms. The van der Waals surface area contributed by atoms with Crippen molar-refractivity contribution in [3.05, 3.63) is 12.2 Å². The van der Waals surface area contributed by atoms with Crippen LogP contribution in [0.3, 0.4) is 0 Å². The summed E-state index contributed by atoms with van der Waals surface area (Å²) in [4.78, 5) is 10.5. The fraction of sp³-hybridized carbons (Fsp3) is 0.625. The molecule has 0 radical (unpaired) electrons.